The van der Waals surface area contributed by atoms with Crippen LogP contribution in [0.3, 0.4) is 0 Å². The second kappa shape index (κ2) is 9.18. The number of carboxylic acid groups (broad SMARTS) is 2. The summed E-state index contributed by atoms with van der Waals surface area (Å²) in [5.74, 6) is -2.23. The summed E-state index contributed by atoms with van der Waals surface area (Å²) in [7, 11) is 0. The van der Waals surface area contributed by atoms with Crippen molar-refractivity contribution < 1.29 is 19.8 Å². The molecule has 2 aromatic carbocycles. The van der Waals surface area contributed by atoms with Crippen LogP contribution in [0.5, 0.6) is 0 Å². The predicted molar refractivity (Wildman–Crippen MR) is 76.8 cm³/mol. The fourth-order valence-corrected chi connectivity index (χ4v) is 1.60. The average Bonchev–Trinajstić information content (AvgIpc) is 2.40. The van der Waals surface area contributed by atoms with Gasteiger partial charge in [0.05, 0.1) is 11.9 Å². The number of benzene rings is 2. The van der Waals surface area contributed by atoms with E-state index >= 15 is 0 Å². The van der Waals surface area contributed by atoms with E-state index in [0.29, 0.717) is 0 Å². The van der Waals surface area contributed by atoms with E-state index < -0.39 is 11.9 Å². The fraction of sp³-hybridized carbons (Fsp3) is 0.125. The van der Waals surface area contributed by atoms with Crippen LogP contribution in [-0.2, 0) is 0 Å². The smallest absolute Gasteiger partial charge is 0.545 e. The van der Waals surface area contributed by atoms with Gasteiger partial charge in [-0.1, -0.05) is 48.5 Å². The van der Waals surface area contributed by atoms with Gasteiger partial charge in [0.1, 0.15) is 0 Å². The molecule has 0 fully saturated rings. The predicted octanol–water partition coefficient (Wildman–Crippen LogP) is 0.336. The Morgan fingerprint density at radius 2 is 1.00 bits per heavy atom. The number of carboxylic acids is 2. The van der Waals surface area contributed by atoms with E-state index in [1.54, 1.807) is 50.2 Å². The maximum absolute atomic E-state index is 10.3. The Morgan fingerprint density at radius 3 is 1.19 bits per heavy atom. The zero-order valence-electron chi connectivity index (χ0n) is 11.8. The Hall–Kier alpha value is -1.82. The van der Waals surface area contributed by atoms with Crippen molar-refractivity contribution in [2.24, 2.45) is 0 Å². The third-order valence-electron chi connectivity index (χ3n) is 2.73. The molecule has 2 rings (SSSR count). The molecule has 0 saturated carbocycles. The first-order valence-electron chi connectivity index (χ1n) is 5.97. The standard InChI is InChI=1S/2C8H8O2.Sn/c2*1-6-4-2-3-5-7(6)8(9)10;/h2*2-5H,1H3,(H,9,10);/q;;+2/p-2. The minimum Gasteiger partial charge on any atom is -0.545 e. The first-order valence-corrected chi connectivity index (χ1v) is 5.97. The van der Waals surface area contributed by atoms with Crippen LogP contribution in [-0.4, -0.2) is 35.8 Å². The van der Waals surface area contributed by atoms with E-state index in [2.05, 4.69) is 0 Å². The monoisotopic (exact) mass is 390 g/mol. The van der Waals surface area contributed by atoms with Crippen LogP contribution in [0, 0.1) is 13.8 Å². The molecule has 2 radical (unpaired) electrons. The van der Waals surface area contributed by atoms with Gasteiger partial charge in [0.2, 0.25) is 0 Å². The van der Waals surface area contributed by atoms with Crippen LogP contribution in [0.2, 0.25) is 0 Å². The summed E-state index contributed by atoms with van der Waals surface area (Å²) in [5, 5.41) is 20.6. The zero-order valence-corrected chi connectivity index (χ0v) is 14.6. The van der Waals surface area contributed by atoms with Crippen LogP contribution in [0.1, 0.15) is 31.8 Å². The Bertz CT molecular complexity index is 568. The van der Waals surface area contributed by atoms with Gasteiger partial charge in [0, 0.05) is 11.1 Å². The van der Waals surface area contributed by atoms with Gasteiger partial charge in [0.25, 0.3) is 0 Å². The average molecular weight is 389 g/mol. The molecular formula is C16H14O4Sn. The van der Waals surface area contributed by atoms with Crippen molar-refractivity contribution >= 4 is 35.8 Å². The third-order valence-corrected chi connectivity index (χ3v) is 2.73. The molecule has 0 heterocycles. The number of carbonyl (C=O) groups is 2. The van der Waals surface area contributed by atoms with E-state index in [-0.39, 0.29) is 35.0 Å². The molecule has 0 aliphatic carbocycles. The maximum atomic E-state index is 10.3. The molecule has 4 nitrogen and oxygen atoms in total. The molecule has 0 atom stereocenters. The third kappa shape index (κ3) is 5.99. The summed E-state index contributed by atoms with van der Waals surface area (Å²) in [4.78, 5) is 20.6. The van der Waals surface area contributed by atoms with Gasteiger partial charge in [-0.3, -0.25) is 0 Å². The number of aromatic carboxylic acids is 2. The van der Waals surface area contributed by atoms with Crippen molar-refractivity contribution in [2.75, 3.05) is 0 Å². The van der Waals surface area contributed by atoms with Crippen LogP contribution < -0.4 is 10.2 Å². The number of hydrogen-bond acceptors (Lipinski definition) is 4. The molecule has 0 aliphatic heterocycles. The van der Waals surface area contributed by atoms with Crippen LogP contribution >= 0.6 is 0 Å². The minimum atomic E-state index is -1.11. The van der Waals surface area contributed by atoms with Gasteiger partial charge in [-0.2, -0.15) is 0 Å². The second-order valence-corrected chi connectivity index (χ2v) is 4.20. The second-order valence-electron chi connectivity index (χ2n) is 4.20. The molecule has 0 amide bonds. The summed E-state index contributed by atoms with van der Waals surface area (Å²) in [6.45, 7) is 3.48. The summed E-state index contributed by atoms with van der Waals surface area (Å²) in [5.41, 5.74) is 2.01. The Kier molecular flexibility index (Phi) is 8.38. The van der Waals surface area contributed by atoms with E-state index in [9.17, 15) is 19.8 Å². The summed E-state index contributed by atoms with van der Waals surface area (Å²) in [6, 6.07) is 13.5. The molecule has 106 valence electrons. The van der Waals surface area contributed by atoms with Crippen LogP contribution in [0.15, 0.2) is 48.5 Å². The molecular weight excluding hydrogens is 375 g/mol. The van der Waals surface area contributed by atoms with Gasteiger partial charge in [-0.25, -0.2) is 0 Å². The van der Waals surface area contributed by atoms with Gasteiger partial charge < -0.3 is 19.8 Å². The number of aryl methyl sites for hydroxylation is 2. The number of rotatable bonds is 2. The Morgan fingerprint density at radius 1 is 0.714 bits per heavy atom. The summed E-state index contributed by atoms with van der Waals surface area (Å²) >= 11 is 0. The first-order chi connectivity index (χ1) is 9.43. The number of carbonyl (C=O) groups excluding carboxylic acids is 2. The van der Waals surface area contributed by atoms with Crippen molar-refractivity contribution in [3.05, 3.63) is 70.8 Å². The van der Waals surface area contributed by atoms with E-state index in [1.807, 2.05) is 0 Å². The maximum Gasteiger partial charge on any atom is 2.00 e. The van der Waals surface area contributed by atoms with E-state index in [4.69, 9.17) is 0 Å². The van der Waals surface area contributed by atoms with Crippen LogP contribution in [0.25, 0.3) is 0 Å². The van der Waals surface area contributed by atoms with Gasteiger partial charge in [-0.05, 0) is 25.0 Å². The normalized spacial score (nSPS) is 8.86. The molecule has 0 aromatic heterocycles. The molecule has 0 saturated heterocycles. The Labute approximate surface area is 140 Å². The van der Waals surface area contributed by atoms with Crippen molar-refractivity contribution in [3.63, 3.8) is 0 Å². The molecule has 0 N–H and O–H groups in total. The van der Waals surface area contributed by atoms with Crippen molar-refractivity contribution in [1.82, 2.24) is 0 Å². The molecule has 0 unspecified atom stereocenters. The SMILES string of the molecule is Cc1ccccc1C(=O)[O-].Cc1ccccc1C(=O)[O-].[Sn+2]. The summed E-state index contributed by atoms with van der Waals surface area (Å²) in [6.07, 6.45) is 0. The first kappa shape index (κ1) is 19.2. The van der Waals surface area contributed by atoms with Gasteiger partial charge >= 0.3 is 23.9 Å². The molecule has 0 aliphatic rings. The van der Waals surface area contributed by atoms with Crippen LogP contribution in [0.4, 0.5) is 0 Å². The molecule has 0 bridgehead atoms. The fourth-order valence-electron chi connectivity index (χ4n) is 1.60. The minimum absolute atomic E-state index is 0. The van der Waals surface area contributed by atoms with Crippen molar-refractivity contribution in [3.8, 4) is 0 Å². The molecule has 5 heteroatoms. The molecule has 0 spiro atoms. The number of hydrogen-bond donors (Lipinski definition) is 0. The largest absolute Gasteiger partial charge is 2.00 e. The Balaban J connectivity index is 0.000000364. The van der Waals surface area contributed by atoms with Gasteiger partial charge in [-0.15, -0.1) is 0 Å². The van der Waals surface area contributed by atoms with Crippen molar-refractivity contribution in [2.45, 2.75) is 13.8 Å². The van der Waals surface area contributed by atoms with E-state index in [1.165, 1.54) is 12.1 Å². The van der Waals surface area contributed by atoms with Gasteiger partial charge in [0.15, 0.2) is 0 Å². The molecule has 21 heavy (non-hydrogen) atoms. The molecule has 2 aromatic rings. The quantitative estimate of drug-likeness (QED) is 0.694. The topological polar surface area (TPSA) is 80.3 Å². The zero-order chi connectivity index (χ0) is 15.1. The van der Waals surface area contributed by atoms with Crippen molar-refractivity contribution in [1.29, 1.82) is 0 Å². The summed E-state index contributed by atoms with van der Waals surface area (Å²) < 4.78 is 0. The van der Waals surface area contributed by atoms with E-state index in [0.717, 1.165) is 11.1 Å².